The van der Waals surface area contributed by atoms with Crippen LogP contribution in [0.2, 0.25) is 0 Å². The first kappa shape index (κ1) is 22.3. The van der Waals surface area contributed by atoms with Crippen LogP contribution in [0, 0.1) is 0 Å². The molecule has 8 nitrogen and oxygen atoms in total. The second-order valence-corrected chi connectivity index (χ2v) is 11.7. The molecule has 0 unspecified atom stereocenters. The highest BCUT2D eigenvalue weighted by molar-refractivity contribution is 7.92. The van der Waals surface area contributed by atoms with Crippen molar-refractivity contribution >= 4 is 37.3 Å². The summed E-state index contributed by atoms with van der Waals surface area (Å²) in [6.07, 6.45) is 2.12. The molecular formula is C20H25N3O5S2. The molecule has 2 aromatic carbocycles. The van der Waals surface area contributed by atoms with Gasteiger partial charge in [-0.3, -0.25) is 9.52 Å². The summed E-state index contributed by atoms with van der Waals surface area (Å²) in [4.78, 5) is 12.7. The second kappa shape index (κ2) is 8.37. The fourth-order valence-electron chi connectivity index (χ4n) is 3.29. The van der Waals surface area contributed by atoms with Gasteiger partial charge in [0.2, 0.25) is 20.0 Å². The van der Waals surface area contributed by atoms with Crippen molar-refractivity contribution < 1.29 is 21.6 Å². The minimum atomic E-state index is -3.49. The predicted octanol–water partition coefficient (Wildman–Crippen LogP) is 2.11. The van der Waals surface area contributed by atoms with Crippen molar-refractivity contribution in [3.63, 3.8) is 0 Å². The highest BCUT2D eigenvalue weighted by atomic mass is 32.2. The molecule has 0 aromatic heterocycles. The summed E-state index contributed by atoms with van der Waals surface area (Å²) >= 11 is 0. The number of fused-ring (bicyclic) bond motifs is 1. The molecule has 0 heterocycles. The van der Waals surface area contributed by atoms with Crippen molar-refractivity contribution in [2.24, 2.45) is 0 Å². The molecule has 0 saturated carbocycles. The lowest BCUT2D eigenvalue weighted by atomic mass is 10.1. The number of hydrogen-bond donors (Lipinski definition) is 3. The zero-order valence-electron chi connectivity index (χ0n) is 17.0. The topological polar surface area (TPSA) is 121 Å². The molecule has 162 valence electrons. The standard InChI is InChI=1S/C20H25N3O5S2/c1-13(2)30(27,28)22-17-11-14-8-9-15(10-16(14)12-17)20(24)21-18-6-4-5-7-19(18)23-29(3,25)26/h4-10,13,17,22-23H,11-12H2,1-3H3,(H,21,24)/t17-/m0/s1. The van der Waals surface area contributed by atoms with Crippen molar-refractivity contribution in [3.8, 4) is 0 Å². The van der Waals surface area contributed by atoms with Gasteiger partial charge in [-0.15, -0.1) is 0 Å². The third-order valence-corrected chi connectivity index (χ3v) is 7.32. The molecule has 1 atom stereocenters. The van der Waals surface area contributed by atoms with E-state index in [1.165, 1.54) is 0 Å². The van der Waals surface area contributed by atoms with E-state index in [0.29, 0.717) is 24.1 Å². The molecule has 30 heavy (non-hydrogen) atoms. The van der Waals surface area contributed by atoms with E-state index in [2.05, 4.69) is 14.8 Å². The van der Waals surface area contributed by atoms with Gasteiger partial charge in [-0.2, -0.15) is 0 Å². The summed E-state index contributed by atoms with van der Waals surface area (Å²) in [5.74, 6) is -0.383. The van der Waals surface area contributed by atoms with Crippen LogP contribution >= 0.6 is 0 Å². The fourth-order valence-corrected chi connectivity index (χ4v) is 4.77. The molecule has 0 bridgehead atoms. The monoisotopic (exact) mass is 451 g/mol. The number of benzene rings is 2. The lowest BCUT2D eigenvalue weighted by Crippen LogP contribution is -2.39. The third kappa shape index (κ3) is 5.38. The van der Waals surface area contributed by atoms with Crippen LogP contribution < -0.4 is 14.8 Å². The first-order valence-corrected chi connectivity index (χ1v) is 12.9. The Balaban J connectivity index is 1.75. The van der Waals surface area contributed by atoms with Gasteiger partial charge < -0.3 is 5.32 Å². The van der Waals surface area contributed by atoms with Gasteiger partial charge in [0.25, 0.3) is 5.91 Å². The quantitative estimate of drug-likeness (QED) is 0.595. The van der Waals surface area contributed by atoms with Gasteiger partial charge in [-0.05, 0) is 62.1 Å². The Morgan fingerprint density at radius 3 is 2.23 bits per heavy atom. The van der Waals surface area contributed by atoms with Crippen LogP contribution in [0.1, 0.15) is 35.3 Å². The molecule has 0 spiro atoms. The van der Waals surface area contributed by atoms with Gasteiger partial charge in [0.05, 0.1) is 22.9 Å². The van der Waals surface area contributed by atoms with E-state index in [0.717, 1.165) is 17.4 Å². The van der Waals surface area contributed by atoms with Gasteiger partial charge in [0.1, 0.15) is 0 Å². The largest absolute Gasteiger partial charge is 0.320 e. The van der Waals surface area contributed by atoms with Crippen LogP contribution in [0.5, 0.6) is 0 Å². The van der Waals surface area contributed by atoms with Crippen LogP contribution in [-0.2, 0) is 32.9 Å². The van der Waals surface area contributed by atoms with Crippen LogP contribution in [-0.4, -0.2) is 40.3 Å². The Hall–Kier alpha value is -2.43. The SMILES string of the molecule is CC(C)S(=O)(=O)N[C@H]1Cc2ccc(C(=O)Nc3ccccc3NS(C)(=O)=O)cc2C1. The maximum atomic E-state index is 12.7. The summed E-state index contributed by atoms with van der Waals surface area (Å²) in [5, 5.41) is 2.22. The Kier molecular flexibility index (Phi) is 6.21. The van der Waals surface area contributed by atoms with Crippen molar-refractivity contribution in [1.29, 1.82) is 0 Å². The number of carbonyl (C=O) groups excluding carboxylic acids is 1. The van der Waals surface area contributed by atoms with Crippen molar-refractivity contribution in [3.05, 3.63) is 59.2 Å². The highest BCUT2D eigenvalue weighted by Crippen LogP contribution is 2.26. The summed E-state index contributed by atoms with van der Waals surface area (Å²) in [5.41, 5.74) is 2.95. The Labute approximate surface area is 177 Å². The number of anilines is 2. The fraction of sp³-hybridized carbons (Fsp3) is 0.350. The smallest absolute Gasteiger partial charge is 0.255 e. The molecule has 0 fully saturated rings. The molecule has 1 amide bonds. The number of carbonyl (C=O) groups is 1. The van der Waals surface area contributed by atoms with Gasteiger partial charge >= 0.3 is 0 Å². The first-order chi connectivity index (χ1) is 13.9. The summed E-state index contributed by atoms with van der Waals surface area (Å²) in [6, 6.07) is 11.6. The summed E-state index contributed by atoms with van der Waals surface area (Å²) in [7, 11) is -6.86. The van der Waals surface area contributed by atoms with E-state index < -0.39 is 25.3 Å². The first-order valence-electron chi connectivity index (χ1n) is 9.46. The number of para-hydroxylation sites is 2. The summed E-state index contributed by atoms with van der Waals surface area (Å²) < 4.78 is 52.4. The zero-order chi connectivity index (χ0) is 22.1. The third-order valence-electron chi connectivity index (χ3n) is 4.82. The molecule has 3 rings (SSSR count). The Morgan fingerprint density at radius 1 is 0.967 bits per heavy atom. The van der Waals surface area contributed by atoms with Gasteiger partial charge in [0.15, 0.2) is 0 Å². The number of amides is 1. The molecule has 10 heteroatoms. The van der Waals surface area contributed by atoms with Crippen molar-refractivity contribution in [2.45, 2.75) is 38.0 Å². The van der Waals surface area contributed by atoms with E-state index in [1.807, 2.05) is 6.07 Å². The van der Waals surface area contributed by atoms with Crippen LogP contribution in [0.15, 0.2) is 42.5 Å². The minimum absolute atomic E-state index is 0.231. The predicted molar refractivity (Wildman–Crippen MR) is 118 cm³/mol. The molecule has 1 aliphatic carbocycles. The maximum Gasteiger partial charge on any atom is 0.255 e. The second-order valence-electron chi connectivity index (χ2n) is 7.67. The number of sulfonamides is 2. The Morgan fingerprint density at radius 2 is 1.60 bits per heavy atom. The molecule has 0 aliphatic heterocycles. The normalized spacial score (nSPS) is 16.3. The molecule has 3 N–H and O–H groups in total. The van der Waals surface area contributed by atoms with Gasteiger partial charge in [-0.1, -0.05) is 18.2 Å². The van der Waals surface area contributed by atoms with E-state index in [1.54, 1.807) is 50.2 Å². The number of rotatable bonds is 7. The number of nitrogens with one attached hydrogen (secondary N) is 3. The molecule has 0 radical (unpaired) electrons. The molecular weight excluding hydrogens is 426 g/mol. The van der Waals surface area contributed by atoms with E-state index in [4.69, 9.17) is 0 Å². The van der Waals surface area contributed by atoms with Crippen LogP contribution in [0.4, 0.5) is 11.4 Å². The van der Waals surface area contributed by atoms with Crippen LogP contribution in [0.25, 0.3) is 0 Å². The molecule has 0 saturated heterocycles. The average Bonchev–Trinajstić information content (AvgIpc) is 3.02. The highest BCUT2D eigenvalue weighted by Gasteiger charge is 2.27. The van der Waals surface area contributed by atoms with Crippen molar-refractivity contribution in [1.82, 2.24) is 4.72 Å². The minimum Gasteiger partial charge on any atom is -0.320 e. The zero-order valence-corrected chi connectivity index (χ0v) is 18.6. The van der Waals surface area contributed by atoms with Crippen LogP contribution in [0.3, 0.4) is 0 Å². The molecule has 2 aromatic rings. The lowest BCUT2D eigenvalue weighted by Gasteiger charge is -2.14. The maximum absolute atomic E-state index is 12.7. The van der Waals surface area contributed by atoms with Gasteiger partial charge in [0, 0.05) is 11.6 Å². The molecule has 1 aliphatic rings. The van der Waals surface area contributed by atoms with Gasteiger partial charge in [-0.25, -0.2) is 21.6 Å². The summed E-state index contributed by atoms with van der Waals surface area (Å²) in [6.45, 7) is 3.26. The van der Waals surface area contributed by atoms with E-state index in [9.17, 15) is 21.6 Å². The van der Waals surface area contributed by atoms with E-state index >= 15 is 0 Å². The van der Waals surface area contributed by atoms with E-state index in [-0.39, 0.29) is 17.6 Å². The Bertz CT molecular complexity index is 1170. The van der Waals surface area contributed by atoms with Crippen molar-refractivity contribution in [2.75, 3.05) is 16.3 Å². The number of hydrogen-bond acceptors (Lipinski definition) is 5. The average molecular weight is 452 g/mol. The lowest BCUT2D eigenvalue weighted by molar-refractivity contribution is 0.102.